The van der Waals surface area contributed by atoms with E-state index in [4.69, 9.17) is 14.2 Å². The van der Waals surface area contributed by atoms with Crippen molar-refractivity contribution in [2.75, 3.05) is 46.3 Å². The van der Waals surface area contributed by atoms with E-state index in [2.05, 4.69) is 5.32 Å². The normalized spacial score (nSPS) is 21.2. The number of amides is 1. The summed E-state index contributed by atoms with van der Waals surface area (Å²) < 4.78 is 54.5. The molecule has 0 spiro atoms. The molecule has 0 bridgehead atoms. The van der Waals surface area contributed by atoms with E-state index in [0.717, 1.165) is 7.11 Å². The number of benzene rings is 1. The Hall–Kier alpha value is -2.00. The van der Waals surface area contributed by atoms with Crippen LogP contribution >= 0.6 is 0 Å². The zero-order valence-electron chi connectivity index (χ0n) is 14.3. The first kappa shape index (κ1) is 19.3. The van der Waals surface area contributed by atoms with Crippen LogP contribution < -0.4 is 14.8 Å². The van der Waals surface area contributed by atoms with Gasteiger partial charge in [-0.05, 0) is 18.6 Å². The molecule has 1 heterocycles. The lowest BCUT2D eigenvalue weighted by molar-refractivity contribution is -0.263. The van der Waals surface area contributed by atoms with Crippen LogP contribution in [0, 0.1) is 0 Å². The highest BCUT2D eigenvalue weighted by atomic mass is 19.4. The van der Waals surface area contributed by atoms with Crippen LogP contribution in [0.1, 0.15) is 6.42 Å². The summed E-state index contributed by atoms with van der Waals surface area (Å²) in [6.45, 7) is -0.437. The lowest BCUT2D eigenvalue weighted by Crippen LogP contribution is -2.49. The van der Waals surface area contributed by atoms with Crippen molar-refractivity contribution in [2.24, 2.45) is 0 Å². The van der Waals surface area contributed by atoms with Crippen molar-refractivity contribution in [1.29, 1.82) is 0 Å². The van der Waals surface area contributed by atoms with Gasteiger partial charge in [0.2, 0.25) is 5.91 Å². The largest absolute Gasteiger partial charge is 0.497 e. The predicted molar refractivity (Wildman–Crippen MR) is 85.0 cm³/mol. The Morgan fingerprint density at radius 1 is 1.28 bits per heavy atom. The number of anilines is 1. The SMILES string of the molecule is COc1ccc(OC)c(NC(=O)CN2CCC(OC)(C(F)(F)F)C2)c1. The molecule has 1 aromatic carbocycles. The molecule has 0 saturated carbocycles. The van der Waals surface area contributed by atoms with E-state index in [1.54, 1.807) is 18.2 Å². The van der Waals surface area contributed by atoms with Crippen molar-refractivity contribution >= 4 is 11.6 Å². The number of methoxy groups -OCH3 is 3. The number of halogens is 3. The first-order chi connectivity index (χ1) is 11.7. The summed E-state index contributed by atoms with van der Waals surface area (Å²) >= 11 is 0. The number of nitrogens with zero attached hydrogens (tertiary/aromatic N) is 1. The summed E-state index contributed by atoms with van der Waals surface area (Å²) in [6, 6.07) is 4.88. The highest BCUT2D eigenvalue weighted by Gasteiger charge is 2.58. The second-order valence-corrected chi connectivity index (χ2v) is 5.77. The third-order valence-electron chi connectivity index (χ3n) is 4.27. The minimum absolute atomic E-state index is 0.121. The second kappa shape index (κ2) is 7.49. The zero-order valence-corrected chi connectivity index (χ0v) is 14.3. The standard InChI is InChI=1S/C16H21F3N2O4/c1-23-11-4-5-13(24-2)12(8-11)20-14(22)9-21-7-6-15(10-21,25-3)16(17,18)19/h4-5,8H,6-7,9-10H2,1-3H3,(H,20,22). The molecule has 1 aliphatic heterocycles. The van der Waals surface area contributed by atoms with Gasteiger partial charge in [0.25, 0.3) is 0 Å². The summed E-state index contributed by atoms with van der Waals surface area (Å²) in [7, 11) is 3.98. The maximum atomic E-state index is 13.2. The Morgan fingerprint density at radius 2 is 2.00 bits per heavy atom. The van der Waals surface area contributed by atoms with Gasteiger partial charge in [-0.2, -0.15) is 13.2 Å². The van der Waals surface area contributed by atoms with Crippen LogP contribution in [0.4, 0.5) is 18.9 Å². The summed E-state index contributed by atoms with van der Waals surface area (Å²) in [4.78, 5) is 13.6. The number of likely N-dealkylation sites (tertiary alicyclic amines) is 1. The Kier molecular flexibility index (Phi) is 5.79. The summed E-state index contributed by atoms with van der Waals surface area (Å²) in [5, 5.41) is 2.64. The number of nitrogens with one attached hydrogen (secondary N) is 1. The van der Waals surface area contributed by atoms with E-state index < -0.39 is 17.7 Å². The van der Waals surface area contributed by atoms with E-state index in [0.29, 0.717) is 17.2 Å². The van der Waals surface area contributed by atoms with Gasteiger partial charge in [0.15, 0.2) is 5.60 Å². The first-order valence-electron chi connectivity index (χ1n) is 7.61. The molecule has 25 heavy (non-hydrogen) atoms. The molecule has 2 rings (SSSR count). The molecule has 1 atom stereocenters. The molecule has 1 aromatic rings. The quantitative estimate of drug-likeness (QED) is 0.842. The summed E-state index contributed by atoms with van der Waals surface area (Å²) in [5.74, 6) is 0.505. The van der Waals surface area contributed by atoms with Gasteiger partial charge in [0.05, 0.1) is 26.5 Å². The first-order valence-corrected chi connectivity index (χ1v) is 7.61. The molecule has 0 radical (unpaired) electrons. The minimum atomic E-state index is -4.48. The van der Waals surface area contributed by atoms with Crippen LogP contribution in [0.3, 0.4) is 0 Å². The van der Waals surface area contributed by atoms with E-state index in [1.807, 2.05) is 0 Å². The second-order valence-electron chi connectivity index (χ2n) is 5.77. The van der Waals surface area contributed by atoms with E-state index in [1.165, 1.54) is 19.1 Å². The molecule has 1 aliphatic rings. The molecule has 9 heteroatoms. The molecular formula is C16H21F3N2O4. The van der Waals surface area contributed by atoms with Crippen LogP contribution in [0.2, 0.25) is 0 Å². The Morgan fingerprint density at radius 3 is 2.52 bits per heavy atom. The molecule has 0 aromatic heterocycles. The number of carbonyl (C=O) groups is 1. The number of carbonyl (C=O) groups excluding carboxylic acids is 1. The maximum Gasteiger partial charge on any atom is 0.418 e. The third kappa shape index (κ3) is 4.16. The number of alkyl halides is 3. The summed E-state index contributed by atoms with van der Waals surface area (Å²) in [6.07, 6.45) is -4.69. The molecule has 1 fully saturated rings. The fourth-order valence-electron chi connectivity index (χ4n) is 2.81. The van der Waals surface area contributed by atoms with Gasteiger partial charge in [-0.15, -0.1) is 0 Å². The smallest absolute Gasteiger partial charge is 0.418 e. The lowest BCUT2D eigenvalue weighted by Gasteiger charge is -2.30. The van der Waals surface area contributed by atoms with E-state index >= 15 is 0 Å². The van der Waals surface area contributed by atoms with Crippen LogP contribution in [0.25, 0.3) is 0 Å². The van der Waals surface area contributed by atoms with Crippen molar-refractivity contribution in [3.05, 3.63) is 18.2 Å². The number of rotatable bonds is 6. The average molecular weight is 362 g/mol. The monoisotopic (exact) mass is 362 g/mol. The highest BCUT2D eigenvalue weighted by molar-refractivity contribution is 5.94. The number of hydrogen-bond acceptors (Lipinski definition) is 5. The van der Waals surface area contributed by atoms with Crippen molar-refractivity contribution < 1.29 is 32.2 Å². The fraction of sp³-hybridized carbons (Fsp3) is 0.562. The zero-order chi connectivity index (χ0) is 18.7. The van der Waals surface area contributed by atoms with Crippen LogP contribution in [0.5, 0.6) is 11.5 Å². The van der Waals surface area contributed by atoms with Gasteiger partial charge in [0.1, 0.15) is 11.5 Å². The van der Waals surface area contributed by atoms with Crippen molar-refractivity contribution in [1.82, 2.24) is 4.90 Å². The lowest BCUT2D eigenvalue weighted by atomic mass is 10.0. The van der Waals surface area contributed by atoms with Gasteiger partial charge in [-0.3, -0.25) is 9.69 Å². The average Bonchev–Trinajstić information content (AvgIpc) is 2.98. The van der Waals surface area contributed by atoms with Crippen LogP contribution in [-0.2, 0) is 9.53 Å². The van der Waals surface area contributed by atoms with E-state index in [9.17, 15) is 18.0 Å². The molecule has 1 saturated heterocycles. The Labute approximate surface area is 143 Å². The van der Waals surface area contributed by atoms with Gasteiger partial charge in [-0.25, -0.2) is 0 Å². The molecule has 1 unspecified atom stereocenters. The molecular weight excluding hydrogens is 341 g/mol. The van der Waals surface area contributed by atoms with Gasteiger partial charge in [-0.1, -0.05) is 0 Å². The Bertz CT molecular complexity index is 624. The topological polar surface area (TPSA) is 60.0 Å². The predicted octanol–water partition coefficient (Wildman–Crippen LogP) is 2.30. The third-order valence-corrected chi connectivity index (χ3v) is 4.27. The molecule has 6 nitrogen and oxygen atoms in total. The van der Waals surface area contributed by atoms with Gasteiger partial charge >= 0.3 is 6.18 Å². The van der Waals surface area contributed by atoms with Crippen molar-refractivity contribution in [3.63, 3.8) is 0 Å². The summed E-state index contributed by atoms with van der Waals surface area (Å²) in [5.41, 5.74) is -1.83. The van der Waals surface area contributed by atoms with Crippen LogP contribution in [0.15, 0.2) is 18.2 Å². The number of hydrogen-bond donors (Lipinski definition) is 1. The van der Waals surface area contributed by atoms with E-state index in [-0.39, 0.29) is 26.1 Å². The molecule has 1 amide bonds. The van der Waals surface area contributed by atoms with Crippen molar-refractivity contribution in [3.8, 4) is 11.5 Å². The Balaban J connectivity index is 2.02. The molecule has 0 aliphatic carbocycles. The molecule has 140 valence electrons. The van der Waals surface area contributed by atoms with Crippen LogP contribution in [-0.4, -0.2) is 63.5 Å². The fourth-order valence-corrected chi connectivity index (χ4v) is 2.81. The van der Waals surface area contributed by atoms with Crippen molar-refractivity contribution in [2.45, 2.75) is 18.2 Å². The highest BCUT2D eigenvalue weighted by Crippen LogP contribution is 2.40. The molecule has 1 N–H and O–H groups in total. The van der Waals surface area contributed by atoms with Gasteiger partial charge in [0, 0.05) is 26.3 Å². The number of ether oxygens (including phenoxy) is 3. The maximum absolute atomic E-state index is 13.2. The minimum Gasteiger partial charge on any atom is -0.497 e. The van der Waals surface area contributed by atoms with Gasteiger partial charge < -0.3 is 19.5 Å².